The Morgan fingerprint density at radius 1 is 0.310 bits per heavy atom. The molecule has 0 aliphatic heterocycles. The summed E-state index contributed by atoms with van der Waals surface area (Å²) in [6.45, 7) is 72.8. The molecule has 1 aliphatic rings. The fourth-order valence-corrected chi connectivity index (χ4v) is 33.2. The van der Waals surface area contributed by atoms with E-state index in [1.165, 1.54) is 0 Å². The summed E-state index contributed by atoms with van der Waals surface area (Å²) in [7, 11) is -13.9. The highest BCUT2D eigenvalue weighted by Crippen LogP contribution is 2.42. The SMILES string of the molecule is CC1=C(C)C(C)C([Si](c2cc([Si](C)(C)C)c(C)c([Si](C)(C)C)c2C)(c2cc([Si](C)(C)C)c(C)c([Si](C)(C)C)c2C)c2cc([Si](C)(C)C)c(C)c([Si](C)(C)C)c2C)=C1C. The topological polar surface area (TPSA) is 0 Å². The lowest BCUT2D eigenvalue weighted by atomic mass is 10.1. The molecule has 1 aliphatic carbocycles. The van der Waals surface area contributed by atoms with E-state index < -0.39 is 56.5 Å². The van der Waals surface area contributed by atoms with Crippen LogP contribution in [-0.4, -0.2) is 56.5 Å². The summed E-state index contributed by atoms with van der Waals surface area (Å²) in [6, 6.07) is 8.73. The number of hydrogen-bond acceptors (Lipinski definition) is 0. The highest BCUT2D eigenvalue weighted by atomic mass is 28.3. The number of allylic oxidation sites excluding steroid dienone is 4. The van der Waals surface area contributed by atoms with Crippen LogP contribution in [0.5, 0.6) is 0 Å². The van der Waals surface area contributed by atoms with Gasteiger partial charge in [0.2, 0.25) is 0 Å². The molecule has 0 radical (unpaired) electrons. The van der Waals surface area contributed by atoms with E-state index in [0.717, 1.165) is 0 Å². The van der Waals surface area contributed by atoms with Crippen LogP contribution in [0.3, 0.4) is 0 Å². The minimum atomic E-state index is -3.09. The zero-order valence-electron chi connectivity index (χ0n) is 43.3. The Kier molecular flexibility index (Phi) is 13.2. The Morgan fingerprint density at radius 3 is 0.707 bits per heavy atom. The summed E-state index contributed by atoms with van der Waals surface area (Å²) in [4.78, 5) is 0. The molecule has 0 bridgehead atoms. The highest BCUT2D eigenvalue weighted by molar-refractivity contribution is 7.18. The van der Waals surface area contributed by atoms with E-state index in [-0.39, 0.29) is 0 Å². The third-order valence-corrected chi connectivity index (χ3v) is 33.2. The minimum absolute atomic E-state index is 0.385. The van der Waals surface area contributed by atoms with Crippen molar-refractivity contribution in [2.75, 3.05) is 0 Å². The summed E-state index contributed by atoms with van der Waals surface area (Å²) >= 11 is 0. The van der Waals surface area contributed by atoms with Gasteiger partial charge in [-0.25, -0.2) is 0 Å². The van der Waals surface area contributed by atoms with Crippen LogP contribution in [0.25, 0.3) is 0 Å². The van der Waals surface area contributed by atoms with E-state index in [4.69, 9.17) is 0 Å². The van der Waals surface area contributed by atoms with E-state index in [9.17, 15) is 0 Å². The molecule has 0 N–H and O–H groups in total. The standard InChI is InChI=1S/C51H88Si7/c1-32-33(2)35(4)51(34(32)3)58(45-29-42(52(11,12)13)36(5)48(39(45)8)55(20,21)22,46-30-43(53(14,15)16)37(6)49(40(46)9)56(23,24)25)47-31-44(54(17,18)19)38(7)50(41(47)10)57(26,27)28/h29-31,34H,1-28H3. The Bertz CT molecular complexity index is 2010. The third kappa shape index (κ3) is 8.19. The average Bonchev–Trinajstić information content (AvgIpc) is 3.18. The summed E-state index contributed by atoms with van der Waals surface area (Å²) in [5.74, 6) is 0.385. The first-order valence-electron chi connectivity index (χ1n) is 22.6. The van der Waals surface area contributed by atoms with Crippen LogP contribution in [0, 0.1) is 47.5 Å². The Morgan fingerprint density at radius 2 is 0.534 bits per heavy atom. The smallest absolute Gasteiger partial charge is 0.0656 e. The van der Waals surface area contributed by atoms with Gasteiger partial charge < -0.3 is 0 Å². The van der Waals surface area contributed by atoms with Crippen LogP contribution < -0.4 is 46.7 Å². The molecular formula is C51H88Si7. The number of rotatable bonds is 10. The largest absolute Gasteiger partial charge is 0.177 e. The first-order valence-corrected chi connectivity index (χ1v) is 45.6. The number of benzene rings is 3. The molecule has 0 heterocycles. The minimum Gasteiger partial charge on any atom is -0.0656 e. The molecule has 320 valence electrons. The Balaban J connectivity index is 2.76. The van der Waals surface area contributed by atoms with Gasteiger partial charge in [0.15, 0.2) is 8.07 Å². The molecule has 0 nitrogen and oxygen atoms in total. The quantitative estimate of drug-likeness (QED) is 0.141. The van der Waals surface area contributed by atoms with Gasteiger partial charge in [-0.15, -0.1) is 0 Å². The lowest BCUT2D eigenvalue weighted by Crippen LogP contribution is -2.76. The van der Waals surface area contributed by atoms with E-state index in [2.05, 4.69) is 205 Å². The highest BCUT2D eigenvalue weighted by Gasteiger charge is 2.53. The van der Waals surface area contributed by atoms with Gasteiger partial charge >= 0.3 is 0 Å². The molecule has 0 fully saturated rings. The molecule has 3 aromatic rings. The molecule has 0 amide bonds. The van der Waals surface area contributed by atoms with Crippen molar-refractivity contribution in [2.45, 2.75) is 187 Å². The zero-order chi connectivity index (χ0) is 45.2. The summed E-state index contributed by atoms with van der Waals surface area (Å²) in [5, 5.41) is 17.3. The molecule has 4 rings (SSSR count). The molecule has 1 atom stereocenters. The third-order valence-electron chi connectivity index (χ3n) is 14.5. The maximum absolute atomic E-state index is 3.09. The number of hydrogen-bond donors (Lipinski definition) is 0. The van der Waals surface area contributed by atoms with Crippen LogP contribution >= 0.6 is 0 Å². The maximum Gasteiger partial charge on any atom is 0.177 e. The Hall–Kier alpha value is -1.34. The van der Waals surface area contributed by atoms with Gasteiger partial charge in [-0.05, 0) is 89.4 Å². The van der Waals surface area contributed by atoms with Gasteiger partial charge in [0.25, 0.3) is 0 Å². The first kappa shape index (κ1) is 49.3. The van der Waals surface area contributed by atoms with Gasteiger partial charge in [-0.3, -0.25) is 0 Å². The molecule has 1 unspecified atom stereocenters. The van der Waals surface area contributed by atoms with Crippen molar-refractivity contribution < 1.29 is 0 Å². The van der Waals surface area contributed by atoms with Crippen molar-refractivity contribution in [1.29, 1.82) is 0 Å². The van der Waals surface area contributed by atoms with Gasteiger partial charge in [0.05, 0.1) is 48.4 Å². The summed E-state index contributed by atoms with van der Waals surface area (Å²) in [5.41, 5.74) is 14.5. The molecule has 3 aromatic carbocycles. The van der Waals surface area contributed by atoms with E-state index in [1.54, 1.807) is 102 Å². The summed E-state index contributed by atoms with van der Waals surface area (Å²) in [6.07, 6.45) is 0. The van der Waals surface area contributed by atoms with Crippen LogP contribution in [0.2, 0.25) is 118 Å². The molecule has 0 saturated carbocycles. The van der Waals surface area contributed by atoms with Crippen LogP contribution in [-0.2, 0) is 0 Å². The maximum atomic E-state index is 2.91. The molecule has 0 saturated heterocycles. The second-order valence-corrected chi connectivity index (χ2v) is 58.9. The molecule has 0 spiro atoms. The van der Waals surface area contributed by atoms with Crippen molar-refractivity contribution in [3.05, 3.63) is 73.5 Å². The van der Waals surface area contributed by atoms with Crippen molar-refractivity contribution in [3.63, 3.8) is 0 Å². The van der Waals surface area contributed by atoms with Crippen LogP contribution in [0.1, 0.15) is 61.1 Å². The van der Waals surface area contributed by atoms with Crippen molar-refractivity contribution in [1.82, 2.24) is 0 Å². The fraction of sp³-hybridized carbons (Fsp3) is 0.569. The molecule has 7 heteroatoms. The predicted molar refractivity (Wildman–Crippen MR) is 291 cm³/mol. The van der Waals surface area contributed by atoms with Crippen LogP contribution in [0.15, 0.2) is 40.1 Å². The van der Waals surface area contributed by atoms with E-state index in [0.29, 0.717) is 5.92 Å². The Labute approximate surface area is 367 Å². The lowest BCUT2D eigenvalue weighted by Gasteiger charge is -2.46. The van der Waals surface area contributed by atoms with Crippen LogP contribution in [0.4, 0.5) is 0 Å². The molecule has 0 aromatic heterocycles. The predicted octanol–water partition coefficient (Wildman–Crippen LogP) is 10.1. The van der Waals surface area contributed by atoms with Gasteiger partial charge in [0.1, 0.15) is 0 Å². The molecule has 58 heavy (non-hydrogen) atoms. The van der Waals surface area contributed by atoms with Crippen molar-refractivity contribution in [3.8, 4) is 0 Å². The normalized spacial score (nSPS) is 16.7. The lowest BCUT2D eigenvalue weighted by molar-refractivity contribution is 0.851. The average molecular weight is 898 g/mol. The van der Waals surface area contributed by atoms with E-state index >= 15 is 0 Å². The van der Waals surface area contributed by atoms with Gasteiger partial charge in [-0.1, -0.05) is 224 Å². The first-order chi connectivity index (χ1) is 25.8. The zero-order valence-corrected chi connectivity index (χ0v) is 50.3. The monoisotopic (exact) mass is 897 g/mol. The van der Waals surface area contributed by atoms with Crippen molar-refractivity contribution >= 4 is 103 Å². The summed E-state index contributed by atoms with van der Waals surface area (Å²) < 4.78 is 0. The van der Waals surface area contributed by atoms with E-state index in [1.807, 2.05) is 0 Å². The second kappa shape index (κ2) is 15.5. The second-order valence-electron chi connectivity index (χ2n) is 25.1. The fourth-order valence-electron chi connectivity index (χ4n) is 12.5. The van der Waals surface area contributed by atoms with Gasteiger partial charge in [0, 0.05) is 0 Å². The molecular weight excluding hydrogens is 809 g/mol. The van der Waals surface area contributed by atoms with Gasteiger partial charge in [-0.2, -0.15) is 0 Å². The van der Waals surface area contributed by atoms with Crippen molar-refractivity contribution in [2.24, 2.45) is 5.92 Å².